The molecule has 7 fully saturated rings. The molecule has 1 heterocycles. The van der Waals surface area contributed by atoms with Gasteiger partial charge in [-0.1, -0.05) is 26.8 Å². The van der Waals surface area contributed by atoms with Crippen LogP contribution >= 0.6 is 0 Å². The summed E-state index contributed by atoms with van der Waals surface area (Å²) in [5.74, 6) is 1.77. The Morgan fingerprint density at radius 1 is 1.20 bits per heavy atom. The SMILES string of the molecule is C=C1C2CCC3(C1O)C1CC4C5(C)CCCC4(C1N(CC)C5)C3C2O. The van der Waals surface area contributed by atoms with Gasteiger partial charge in [-0.05, 0) is 66.9 Å². The standard InChI is InChI=1S/C22H33NO2/c1-4-23-11-20(3)7-5-8-22-15(20)10-14(18(22)23)21-9-6-13(12(2)19(21)25)16(24)17(21)22/h13-19,24-25H,2,4-11H2,1,3H3. The molecule has 2 spiro atoms. The molecule has 10 unspecified atom stereocenters. The number of piperidine rings is 1. The Balaban J connectivity index is 1.60. The number of aliphatic hydroxyl groups excluding tert-OH is 2. The zero-order valence-electron chi connectivity index (χ0n) is 15.7. The quantitative estimate of drug-likeness (QED) is 0.720. The molecule has 25 heavy (non-hydrogen) atoms. The number of nitrogens with zero attached hydrogens (tertiary/aromatic N) is 1. The maximum atomic E-state index is 11.5. The van der Waals surface area contributed by atoms with Crippen LogP contribution in [0.25, 0.3) is 0 Å². The zero-order chi connectivity index (χ0) is 17.4. The molecular formula is C22H33NO2. The van der Waals surface area contributed by atoms with Crippen LogP contribution in [0.2, 0.25) is 0 Å². The molecule has 0 aromatic rings. The first-order valence-electron chi connectivity index (χ1n) is 10.7. The molecular weight excluding hydrogens is 310 g/mol. The van der Waals surface area contributed by atoms with Crippen molar-refractivity contribution in [3.05, 3.63) is 12.2 Å². The second-order valence-electron chi connectivity index (χ2n) is 10.7. The van der Waals surface area contributed by atoms with Gasteiger partial charge in [-0.25, -0.2) is 0 Å². The summed E-state index contributed by atoms with van der Waals surface area (Å²) in [6.07, 6.45) is 6.75. The van der Waals surface area contributed by atoms with Crippen molar-refractivity contribution >= 4 is 0 Å². The normalized spacial score (nSPS) is 64.6. The van der Waals surface area contributed by atoms with Crippen molar-refractivity contribution < 1.29 is 10.2 Å². The monoisotopic (exact) mass is 343 g/mol. The van der Waals surface area contributed by atoms with Crippen LogP contribution < -0.4 is 0 Å². The highest BCUT2D eigenvalue weighted by atomic mass is 16.3. The van der Waals surface area contributed by atoms with Crippen LogP contribution in [0.4, 0.5) is 0 Å². The van der Waals surface area contributed by atoms with E-state index >= 15 is 0 Å². The lowest BCUT2D eigenvalue weighted by molar-refractivity contribution is -0.227. The molecule has 0 amide bonds. The summed E-state index contributed by atoms with van der Waals surface area (Å²) in [6.45, 7) is 11.5. The van der Waals surface area contributed by atoms with Crippen LogP contribution in [0.5, 0.6) is 0 Å². The Hall–Kier alpha value is -0.380. The third-order valence-corrected chi connectivity index (χ3v) is 10.5. The highest BCUT2D eigenvalue weighted by molar-refractivity contribution is 5.38. The number of hydrogen-bond acceptors (Lipinski definition) is 3. The summed E-state index contributed by atoms with van der Waals surface area (Å²) < 4.78 is 0. The van der Waals surface area contributed by atoms with Gasteiger partial charge in [0.1, 0.15) is 0 Å². The Morgan fingerprint density at radius 3 is 2.76 bits per heavy atom. The van der Waals surface area contributed by atoms with E-state index in [0.29, 0.717) is 23.3 Å². The lowest BCUT2D eigenvalue weighted by Crippen LogP contribution is -2.69. The van der Waals surface area contributed by atoms with E-state index in [-0.39, 0.29) is 29.0 Å². The molecule has 2 N–H and O–H groups in total. The maximum absolute atomic E-state index is 11.5. The average molecular weight is 344 g/mol. The van der Waals surface area contributed by atoms with Gasteiger partial charge in [0.2, 0.25) is 0 Å². The largest absolute Gasteiger partial charge is 0.392 e. The number of fused-ring (bicyclic) bond motifs is 2. The first-order chi connectivity index (χ1) is 11.9. The van der Waals surface area contributed by atoms with Crippen molar-refractivity contribution in [3.8, 4) is 0 Å². The minimum atomic E-state index is -0.377. The topological polar surface area (TPSA) is 43.7 Å². The van der Waals surface area contributed by atoms with Gasteiger partial charge in [0.05, 0.1) is 12.2 Å². The van der Waals surface area contributed by atoms with E-state index < -0.39 is 0 Å². The number of hydrogen-bond donors (Lipinski definition) is 2. The van der Waals surface area contributed by atoms with Gasteiger partial charge < -0.3 is 10.2 Å². The summed E-state index contributed by atoms with van der Waals surface area (Å²) in [5.41, 5.74) is 1.54. The van der Waals surface area contributed by atoms with Gasteiger partial charge in [0.15, 0.2) is 0 Å². The van der Waals surface area contributed by atoms with Gasteiger partial charge in [-0.3, -0.25) is 4.90 Å². The lowest BCUT2D eigenvalue weighted by Gasteiger charge is -2.68. The van der Waals surface area contributed by atoms with E-state index in [1.54, 1.807) is 0 Å². The predicted octanol–water partition coefficient (Wildman–Crippen LogP) is 2.82. The van der Waals surface area contributed by atoms with E-state index in [1.807, 2.05) is 0 Å². The predicted molar refractivity (Wildman–Crippen MR) is 96.8 cm³/mol. The Morgan fingerprint density at radius 2 is 2.00 bits per heavy atom. The van der Waals surface area contributed by atoms with Crippen molar-refractivity contribution in [3.63, 3.8) is 0 Å². The molecule has 1 saturated heterocycles. The highest BCUT2D eigenvalue weighted by Crippen LogP contribution is 2.83. The van der Waals surface area contributed by atoms with E-state index in [0.717, 1.165) is 30.9 Å². The van der Waals surface area contributed by atoms with Gasteiger partial charge in [-0.15, -0.1) is 0 Å². The Bertz CT molecular complexity index is 662. The summed E-state index contributed by atoms with van der Waals surface area (Å²) in [7, 11) is 0. The molecule has 3 nitrogen and oxygen atoms in total. The molecule has 0 aromatic heterocycles. The van der Waals surface area contributed by atoms with Crippen LogP contribution in [-0.4, -0.2) is 46.5 Å². The number of rotatable bonds is 1. The summed E-state index contributed by atoms with van der Waals surface area (Å²) in [5, 5.41) is 22.9. The Labute approximate surface area is 151 Å². The average Bonchev–Trinajstić information content (AvgIpc) is 2.99. The molecule has 0 radical (unpaired) electrons. The summed E-state index contributed by atoms with van der Waals surface area (Å²) in [6, 6.07) is 0.592. The second-order valence-corrected chi connectivity index (χ2v) is 10.7. The molecule has 7 rings (SSSR count). The van der Waals surface area contributed by atoms with Gasteiger partial charge in [-0.2, -0.15) is 0 Å². The fourth-order valence-electron chi connectivity index (χ4n) is 10.1. The minimum Gasteiger partial charge on any atom is -0.392 e. The number of aliphatic hydroxyl groups is 2. The van der Waals surface area contributed by atoms with Crippen LogP contribution in [-0.2, 0) is 0 Å². The van der Waals surface area contributed by atoms with E-state index in [4.69, 9.17) is 0 Å². The summed E-state index contributed by atoms with van der Waals surface area (Å²) in [4.78, 5) is 2.77. The maximum Gasteiger partial charge on any atom is 0.0814 e. The third-order valence-electron chi connectivity index (χ3n) is 10.5. The fourth-order valence-corrected chi connectivity index (χ4v) is 10.1. The van der Waals surface area contributed by atoms with Crippen molar-refractivity contribution in [2.45, 2.75) is 70.6 Å². The van der Waals surface area contributed by atoms with Gasteiger partial charge in [0.25, 0.3) is 0 Å². The molecule has 7 aliphatic rings. The van der Waals surface area contributed by atoms with Gasteiger partial charge in [0, 0.05) is 29.8 Å². The first-order valence-corrected chi connectivity index (χ1v) is 10.7. The molecule has 10 atom stereocenters. The lowest BCUT2D eigenvalue weighted by atomic mass is 9.39. The molecule has 138 valence electrons. The van der Waals surface area contributed by atoms with Crippen molar-refractivity contribution in [1.29, 1.82) is 0 Å². The fraction of sp³-hybridized carbons (Fsp3) is 0.909. The molecule has 6 aliphatic carbocycles. The van der Waals surface area contributed by atoms with Crippen molar-refractivity contribution in [2.75, 3.05) is 13.1 Å². The molecule has 1 aliphatic heterocycles. The molecule has 6 saturated carbocycles. The minimum absolute atomic E-state index is 0.0809. The van der Waals surface area contributed by atoms with E-state index in [1.165, 1.54) is 32.2 Å². The zero-order valence-corrected chi connectivity index (χ0v) is 15.7. The van der Waals surface area contributed by atoms with E-state index in [9.17, 15) is 10.2 Å². The number of likely N-dealkylation sites (tertiary alicyclic amines) is 1. The smallest absolute Gasteiger partial charge is 0.0814 e. The third kappa shape index (κ3) is 1.34. The molecule has 0 aromatic carbocycles. The summed E-state index contributed by atoms with van der Waals surface area (Å²) >= 11 is 0. The van der Waals surface area contributed by atoms with Crippen LogP contribution in [0.1, 0.15) is 52.4 Å². The first kappa shape index (κ1) is 15.7. The van der Waals surface area contributed by atoms with Gasteiger partial charge >= 0.3 is 0 Å². The van der Waals surface area contributed by atoms with Crippen molar-refractivity contribution in [1.82, 2.24) is 4.90 Å². The van der Waals surface area contributed by atoms with Crippen LogP contribution in [0.3, 0.4) is 0 Å². The van der Waals surface area contributed by atoms with Crippen LogP contribution in [0, 0.1) is 39.9 Å². The molecule has 7 bridgehead atoms. The van der Waals surface area contributed by atoms with Crippen molar-refractivity contribution in [2.24, 2.45) is 39.9 Å². The highest BCUT2D eigenvalue weighted by Gasteiger charge is 2.84. The second kappa shape index (κ2) is 4.36. The molecule has 3 heteroatoms. The van der Waals surface area contributed by atoms with Crippen LogP contribution in [0.15, 0.2) is 12.2 Å². The Kier molecular flexibility index (Phi) is 2.73. The van der Waals surface area contributed by atoms with E-state index in [2.05, 4.69) is 25.3 Å².